The summed E-state index contributed by atoms with van der Waals surface area (Å²) in [5.74, 6) is 1.96. The molecular formula is C61H71FN12O5. The first kappa shape index (κ1) is 53.6. The highest BCUT2D eigenvalue weighted by Crippen LogP contribution is 2.47. The fraction of sp³-hybridized carbons (Fsp3) is 0.443. The molecule has 1 amide bonds. The second kappa shape index (κ2) is 22.4. The molecule has 6 heterocycles. The Kier molecular flexibility index (Phi) is 15.2. The van der Waals surface area contributed by atoms with Gasteiger partial charge in [-0.2, -0.15) is 9.97 Å². The lowest BCUT2D eigenvalue weighted by Crippen LogP contribution is -2.50. The maximum Gasteiger partial charge on any atom is 0.319 e. The number of nitrogens with zero attached hydrogens (tertiary/aromatic N) is 8. The number of carbonyl (C=O) groups excluding carboxylic acids is 1. The van der Waals surface area contributed by atoms with Crippen molar-refractivity contribution in [3.05, 3.63) is 101 Å². The first-order chi connectivity index (χ1) is 38.2. The van der Waals surface area contributed by atoms with Crippen molar-refractivity contribution in [3.63, 3.8) is 0 Å². The van der Waals surface area contributed by atoms with Gasteiger partial charge in [-0.3, -0.25) is 30.4 Å². The molecule has 4 aromatic carbocycles. The van der Waals surface area contributed by atoms with Gasteiger partial charge in [-0.05, 0) is 123 Å². The maximum atomic E-state index is 17.2. The first-order valence-corrected chi connectivity index (χ1v) is 27.9. The monoisotopic (exact) mass is 1070 g/mol. The van der Waals surface area contributed by atoms with E-state index in [4.69, 9.17) is 31.9 Å². The van der Waals surface area contributed by atoms with Gasteiger partial charge in [0.15, 0.2) is 11.7 Å². The van der Waals surface area contributed by atoms with E-state index >= 15 is 4.39 Å². The fourth-order valence-corrected chi connectivity index (χ4v) is 12.4. The van der Waals surface area contributed by atoms with Crippen LogP contribution in [0.25, 0.3) is 32.9 Å². The Balaban J connectivity index is 0.694. The second-order valence-corrected chi connectivity index (χ2v) is 22.9. The molecule has 412 valence electrons. The average molecular weight is 1070 g/mol. The number of benzene rings is 4. The van der Waals surface area contributed by atoms with Gasteiger partial charge in [-0.25, -0.2) is 4.39 Å². The van der Waals surface area contributed by atoms with Crippen molar-refractivity contribution in [2.45, 2.75) is 71.4 Å². The van der Waals surface area contributed by atoms with Crippen LogP contribution >= 0.6 is 0 Å². The normalized spacial score (nSPS) is 19.7. The van der Waals surface area contributed by atoms with E-state index in [9.17, 15) is 20.1 Å². The number of aromatic nitrogens is 3. The largest absolute Gasteiger partial charge is 0.508 e. The number of amidine groups is 2. The van der Waals surface area contributed by atoms with Gasteiger partial charge < -0.3 is 45.4 Å². The lowest BCUT2D eigenvalue weighted by atomic mass is 9.95. The second-order valence-electron chi connectivity index (χ2n) is 22.9. The van der Waals surface area contributed by atoms with Crippen LogP contribution < -0.4 is 25.2 Å². The number of hydrogen-bond donors (Lipinski definition) is 7. The summed E-state index contributed by atoms with van der Waals surface area (Å²) in [5.41, 5.74) is 3.30. The smallest absolute Gasteiger partial charge is 0.319 e. The number of nitrogens with one attached hydrogen (secondary N) is 4. The highest BCUT2D eigenvalue weighted by atomic mass is 19.1. The molecule has 2 atom stereocenters. The van der Waals surface area contributed by atoms with Gasteiger partial charge in [-0.1, -0.05) is 44.0 Å². The molecule has 1 saturated carbocycles. The predicted molar refractivity (Wildman–Crippen MR) is 306 cm³/mol. The Labute approximate surface area is 460 Å². The number of aromatic hydroxyl groups is 3. The summed E-state index contributed by atoms with van der Waals surface area (Å²) in [6.07, 6.45) is 13.0. The van der Waals surface area contributed by atoms with E-state index in [1.807, 2.05) is 50.2 Å². The zero-order valence-electron chi connectivity index (χ0n) is 45.4. The number of carbonyl (C=O) groups is 1. The molecule has 7 N–H and O–H groups in total. The highest BCUT2D eigenvalue weighted by molar-refractivity contribution is 6.48. The number of phenols is 3. The van der Waals surface area contributed by atoms with Crippen molar-refractivity contribution < 1.29 is 29.2 Å². The molecule has 11 rings (SSSR count). The zero-order valence-corrected chi connectivity index (χ0v) is 45.4. The van der Waals surface area contributed by atoms with Crippen LogP contribution in [0.1, 0.15) is 81.0 Å². The molecule has 6 aromatic rings. The summed E-state index contributed by atoms with van der Waals surface area (Å²) in [5, 5.41) is 58.1. The third kappa shape index (κ3) is 11.3. The molecule has 2 unspecified atom stereocenters. The van der Waals surface area contributed by atoms with Crippen LogP contribution in [0.4, 0.5) is 15.9 Å². The van der Waals surface area contributed by atoms with E-state index in [2.05, 4.69) is 41.1 Å². The van der Waals surface area contributed by atoms with Crippen LogP contribution in [0.3, 0.4) is 0 Å². The van der Waals surface area contributed by atoms with Gasteiger partial charge in [0, 0.05) is 118 Å². The van der Waals surface area contributed by atoms with Crippen molar-refractivity contribution in [3.8, 4) is 46.9 Å². The number of piperidine rings is 2. The van der Waals surface area contributed by atoms with Crippen molar-refractivity contribution in [1.82, 2.24) is 40.3 Å². The quantitative estimate of drug-likeness (QED) is 0.0299. The van der Waals surface area contributed by atoms with Gasteiger partial charge in [0.25, 0.3) is 5.91 Å². The molecular weight excluding hydrogens is 1000 g/mol. The Morgan fingerprint density at radius 3 is 2.43 bits per heavy atom. The minimum atomic E-state index is -0.644. The lowest BCUT2D eigenvalue weighted by molar-refractivity contribution is -0.114. The Bertz CT molecular complexity index is 3330. The molecule has 0 spiro atoms. The van der Waals surface area contributed by atoms with E-state index in [1.54, 1.807) is 31.3 Å². The Hall–Kier alpha value is -7.43. The number of hydrogen-bond acceptors (Lipinski definition) is 15. The van der Waals surface area contributed by atoms with Crippen molar-refractivity contribution in [2.24, 2.45) is 17.3 Å². The van der Waals surface area contributed by atoms with Crippen LogP contribution in [0.2, 0.25) is 0 Å². The number of phenolic OH excluding ortho intramolecular Hbond substituents is 3. The number of likely N-dealkylation sites (N-methyl/N-ethyl adjacent to an activating group) is 1. The molecule has 4 saturated heterocycles. The lowest BCUT2D eigenvalue weighted by Gasteiger charge is -2.39. The summed E-state index contributed by atoms with van der Waals surface area (Å²) in [6.45, 7) is 17.5. The van der Waals surface area contributed by atoms with Crippen LogP contribution in [0.5, 0.6) is 23.3 Å². The summed E-state index contributed by atoms with van der Waals surface area (Å²) in [4.78, 5) is 38.5. The molecule has 2 bridgehead atoms. The van der Waals surface area contributed by atoms with E-state index in [0.29, 0.717) is 75.4 Å². The van der Waals surface area contributed by atoms with E-state index < -0.39 is 17.6 Å². The number of halogens is 1. The van der Waals surface area contributed by atoms with Gasteiger partial charge in [0.1, 0.15) is 40.1 Å². The number of piperazine rings is 1. The van der Waals surface area contributed by atoms with Crippen LogP contribution in [0.15, 0.2) is 72.9 Å². The Morgan fingerprint density at radius 1 is 0.962 bits per heavy atom. The third-order valence-electron chi connectivity index (χ3n) is 16.9. The van der Waals surface area contributed by atoms with Gasteiger partial charge in [-0.15, -0.1) is 6.42 Å². The molecule has 18 heteroatoms. The topological polar surface area (TPSA) is 214 Å². The fourth-order valence-electron chi connectivity index (χ4n) is 12.4. The molecule has 0 radical (unpaired) electrons. The number of rotatable bonds is 15. The van der Waals surface area contributed by atoms with Crippen molar-refractivity contribution in [2.75, 3.05) is 94.9 Å². The van der Waals surface area contributed by atoms with E-state index in [1.165, 1.54) is 17.0 Å². The number of ether oxygens (including phenoxy) is 1. The molecule has 79 heavy (non-hydrogen) atoms. The molecule has 2 aromatic heterocycles. The van der Waals surface area contributed by atoms with Crippen LogP contribution in [-0.2, 0) is 11.3 Å². The SMILES string of the molecule is C#Cc1cccc2cc(O)cc(-c3ncc4c(N5CC6CNC(C6)C5)nc(OCC5(CN6CCN(CC7CCN(Cc8ccc(N(C(=N)C(=O)NCC)C(=N)c9cc(C(C)C)c(O)cc9O)cc8)CC7)CC6)CC5)nc4c3F)c12. The van der Waals surface area contributed by atoms with Gasteiger partial charge in [0.05, 0.1) is 17.6 Å². The van der Waals surface area contributed by atoms with Crippen LogP contribution in [0, 0.1) is 46.2 Å². The van der Waals surface area contributed by atoms with Crippen molar-refractivity contribution >= 4 is 50.8 Å². The van der Waals surface area contributed by atoms with E-state index in [-0.39, 0.29) is 57.2 Å². The number of likely N-dealkylation sites (tertiary alicyclic amines) is 1. The third-order valence-corrected chi connectivity index (χ3v) is 16.9. The maximum absolute atomic E-state index is 17.2. The van der Waals surface area contributed by atoms with Gasteiger partial charge in [0.2, 0.25) is 0 Å². The van der Waals surface area contributed by atoms with Crippen molar-refractivity contribution in [1.29, 1.82) is 10.8 Å². The van der Waals surface area contributed by atoms with Crippen LogP contribution in [-0.4, -0.2) is 154 Å². The summed E-state index contributed by atoms with van der Waals surface area (Å²) < 4.78 is 23.7. The molecule has 5 fully saturated rings. The predicted octanol–water partition coefficient (Wildman–Crippen LogP) is 7.64. The average Bonchev–Trinajstić information content (AvgIpc) is 4.26. The number of anilines is 2. The summed E-state index contributed by atoms with van der Waals surface area (Å²) >= 11 is 0. The summed E-state index contributed by atoms with van der Waals surface area (Å²) in [6, 6.07) is 19.4. The number of amides is 1. The molecule has 1 aliphatic carbocycles. The molecule has 17 nitrogen and oxygen atoms in total. The number of pyridine rings is 1. The van der Waals surface area contributed by atoms with E-state index in [0.717, 1.165) is 116 Å². The first-order valence-electron chi connectivity index (χ1n) is 27.9. The highest BCUT2D eigenvalue weighted by Gasteiger charge is 2.46. The Morgan fingerprint density at radius 2 is 1.72 bits per heavy atom. The molecule has 4 aliphatic heterocycles. The standard InChI is InChI=1S/C61H71FN12O5/c1-5-41-8-7-9-42-25-45(75)26-48(52(41)42)54-53(62)55-49(30-67-54)58(73-33-40-24-43(34-73)66-29-40)69-60(68-55)79-36-61(16-17-61)35-72-22-20-71(21-23-72)32-39-14-18-70(19-15-39)31-38-10-12-44(13-11-38)74(57(64)59(78)65-6-2)56(63)47-27-46(37(3)4)50(76)28-51(47)77/h1,7-13,25-28,30,37,39-40,43,63-64,66,75-77H,6,14-24,29,31-36H2,2-4H3,(H,65,78). The summed E-state index contributed by atoms with van der Waals surface area (Å²) in [7, 11) is 0. The minimum absolute atomic E-state index is 0.0168. The number of fused-ring (bicyclic) bond motifs is 4. The van der Waals surface area contributed by atoms with Gasteiger partial charge >= 0.3 is 6.01 Å². The molecule has 5 aliphatic rings. The number of terminal acetylenes is 1. The zero-order chi connectivity index (χ0) is 55.1. The minimum Gasteiger partial charge on any atom is -0.508 e.